The molecule has 0 atom stereocenters. The quantitative estimate of drug-likeness (QED) is 0.581. The molecular formula is C19H16O4. The molecule has 0 aliphatic carbocycles. The first-order chi connectivity index (χ1) is 11.2. The number of phenols is 1. The molecule has 0 radical (unpaired) electrons. The number of aromatic hydroxyl groups is 1. The van der Waals surface area contributed by atoms with Gasteiger partial charge in [0.2, 0.25) is 0 Å². The molecule has 3 aromatic carbocycles. The van der Waals surface area contributed by atoms with Crippen LogP contribution in [0.3, 0.4) is 0 Å². The highest BCUT2D eigenvalue weighted by molar-refractivity contribution is 5.92. The van der Waals surface area contributed by atoms with Crippen molar-refractivity contribution in [3.63, 3.8) is 0 Å². The normalized spacial score (nSPS) is 10.5. The predicted octanol–water partition coefficient (Wildman–Crippen LogP) is 4.16. The SMILES string of the molecule is CCOc1ccc(C(=O)Oc2ccc3ccc(O)cc3c2)cc1. The van der Waals surface area contributed by atoms with Gasteiger partial charge in [0.25, 0.3) is 0 Å². The van der Waals surface area contributed by atoms with Gasteiger partial charge in [0.05, 0.1) is 12.2 Å². The van der Waals surface area contributed by atoms with Gasteiger partial charge in [0.15, 0.2) is 0 Å². The lowest BCUT2D eigenvalue weighted by Crippen LogP contribution is -2.08. The molecule has 1 N–H and O–H groups in total. The Morgan fingerprint density at radius 2 is 1.61 bits per heavy atom. The van der Waals surface area contributed by atoms with E-state index in [0.717, 1.165) is 10.8 Å². The number of carbonyl (C=O) groups is 1. The molecule has 3 rings (SSSR count). The zero-order valence-electron chi connectivity index (χ0n) is 12.7. The largest absolute Gasteiger partial charge is 0.508 e. The zero-order valence-corrected chi connectivity index (χ0v) is 12.7. The summed E-state index contributed by atoms with van der Waals surface area (Å²) in [5.74, 6) is 0.882. The highest BCUT2D eigenvalue weighted by atomic mass is 16.5. The van der Waals surface area contributed by atoms with Gasteiger partial charge in [-0.1, -0.05) is 12.1 Å². The average Bonchev–Trinajstić information content (AvgIpc) is 2.55. The van der Waals surface area contributed by atoms with Crippen LogP contribution in [0.5, 0.6) is 17.2 Å². The van der Waals surface area contributed by atoms with Crippen LogP contribution in [0.4, 0.5) is 0 Å². The fraction of sp³-hybridized carbons (Fsp3) is 0.105. The lowest BCUT2D eigenvalue weighted by atomic mass is 10.1. The van der Waals surface area contributed by atoms with Gasteiger partial charge in [0, 0.05) is 0 Å². The summed E-state index contributed by atoms with van der Waals surface area (Å²) in [6, 6.07) is 17.2. The van der Waals surface area contributed by atoms with E-state index >= 15 is 0 Å². The summed E-state index contributed by atoms with van der Waals surface area (Å²) in [7, 11) is 0. The second-order valence-electron chi connectivity index (χ2n) is 5.04. The van der Waals surface area contributed by atoms with E-state index in [1.54, 1.807) is 48.5 Å². The van der Waals surface area contributed by atoms with Crippen molar-refractivity contribution in [2.24, 2.45) is 0 Å². The van der Waals surface area contributed by atoms with Crippen LogP contribution < -0.4 is 9.47 Å². The smallest absolute Gasteiger partial charge is 0.343 e. The van der Waals surface area contributed by atoms with Crippen LogP contribution in [0.2, 0.25) is 0 Å². The van der Waals surface area contributed by atoms with Gasteiger partial charge in [0.1, 0.15) is 17.2 Å². The lowest BCUT2D eigenvalue weighted by molar-refractivity contribution is 0.0735. The molecule has 4 nitrogen and oxygen atoms in total. The van der Waals surface area contributed by atoms with Crippen molar-refractivity contribution in [3.05, 3.63) is 66.2 Å². The molecule has 0 saturated carbocycles. The molecule has 116 valence electrons. The van der Waals surface area contributed by atoms with E-state index < -0.39 is 5.97 Å². The van der Waals surface area contributed by atoms with Gasteiger partial charge in [-0.3, -0.25) is 0 Å². The van der Waals surface area contributed by atoms with Crippen molar-refractivity contribution in [1.29, 1.82) is 0 Å². The van der Waals surface area contributed by atoms with Crippen LogP contribution in [0.1, 0.15) is 17.3 Å². The Bertz CT molecular complexity index is 838. The maximum absolute atomic E-state index is 12.2. The Labute approximate surface area is 133 Å². The summed E-state index contributed by atoms with van der Waals surface area (Å²) in [5.41, 5.74) is 0.449. The molecule has 0 unspecified atom stereocenters. The molecule has 0 spiro atoms. The summed E-state index contributed by atoms with van der Waals surface area (Å²) < 4.78 is 10.7. The van der Waals surface area contributed by atoms with E-state index in [9.17, 15) is 9.90 Å². The minimum atomic E-state index is -0.437. The van der Waals surface area contributed by atoms with Crippen LogP contribution in [0.25, 0.3) is 10.8 Å². The van der Waals surface area contributed by atoms with Crippen LogP contribution in [0, 0.1) is 0 Å². The number of benzene rings is 3. The molecule has 0 saturated heterocycles. The summed E-state index contributed by atoms with van der Waals surface area (Å²) in [4.78, 5) is 12.2. The molecule has 0 aliphatic heterocycles. The molecule has 0 fully saturated rings. The number of rotatable bonds is 4. The molecule has 4 heteroatoms. The van der Waals surface area contributed by atoms with Crippen molar-refractivity contribution in [2.45, 2.75) is 6.92 Å². The Morgan fingerprint density at radius 3 is 2.35 bits per heavy atom. The van der Waals surface area contributed by atoms with Crippen LogP contribution >= 0.6 is 0 Å². The van der Waals surface area contributed by atoms with Gasteiger partial charge in [-0.2, -0.15) is 0 Å². The standard InChI is InChI=1S/C19H16O4/c1-2-22-17-8-5-14(6-9-17)19(21)23-18-10-4-13-3-7-16(20)11-15(13)12-18/h3-12,20H,2H2,1H3. The minimum absolute atomic E-state index is 0.174. The molecule has 0 aliphatic rings. The third-order valence-electron chi connectivity index (χ3n) is 3.41. The number of hydrogen-bond acceptors (Lipinski definition) is 4. The van der Waals surface area contributed by atoms with Crippen molar-refractivity contribution in [2.75, 3.05) is 6.61 Å². The fourth-order valence-corrected chi connectivity index (χ4v) is 2.30. The lowest BCUT2D eigenvalue weighted by Gasteiger charge is -2.07. The van der Waals surface area contributed by atoms with Gasteiger partial charge in [-0.15, -0.1) is 0 Å². The van der Waals surface area contributed by atoms with Gasteiger partial charge >= 0.3 is 5.97 Å². The van der Waals surface area contributed by atoms with E-state index in [2.05, 4.69) is 0 Å². The van der Waals surface area contributed by atoms with E-state index in [0.29, 0.717) is 23.7 Å². The molecular weight excluding hydrogens is 292 g/mol. The van der Waals surface area contributed by atoms with Gasteiger partial charge in [-0.05, 0) is 66.2 Å². The monoisotopic (exact) mass is 308 g/mol. The minimum Gasteiger partial charge on any atom is -0.508 e. The summed E-state index contributed by atoms with van der Waals surface area (Å²) in [6.07, 6.45) is 0. The Kier molecular flexibility index (Phi) is 4.15. The highest BCUT2D eigenvalue weighted by Crippen LogP contribution is 2.25. The average molecular weight is 308 g/mol. The third-order valence-corrected chi connectivity index (χ3v) is 3.41. The number of carbonyl (C=O) groups excluding carboxylic acids is 1. The van der Waals surface area contributed by atoms with Gasteiger partial charge in [-0.25, -0.2) is 4.79 Å². The first-order valence-electron chi connectivity index (χ1n) is 7.33. The number of esters is 1. The van der Waals surface area contributed by atoms with Crippen molar-refractivity contribution in [1.82, 2.24) is 0 Å². The summed E-state index contributed by atoms with van der Waals surface area (Å²) in [5, 5.41) is 11.3. The number of ether oxygens (including phenoxy) is 2. The Hall–Kier alpha value is -3.01. The summed E-state index contributed by atoms with van der Waals surface area (Å²) >= 11 is 0. The molecule has 23 heavy (non-hydrogen) atoms. The zero-order chi connectivity index (χ0) is 16.2. The second kappa shape index (κ2) is 6.40. The molecule has 3 aromatic rings. The topological polar surface area (TPSA) is 55.8 Å². The number of hydrogen-bond donors (Lipinski definition) is 1. The third kappa shape index (κ3) is 3.43. The van der Waals surface area contributed by atoms with Crippen molar-refractivity contribution >= 4 is 16.7 Å². The van der Waals surface area contributed by atoms with Crippen molar-refractivity contribution in [3.8, 4) is 17.2 Å². The maximum atomic E-state index is 12.2. The maximum Gasteiger partial charge on any atom is 0.343 e. The highest BCUT2D eigenvalue weighted by Gasteiger charge is 2.09. The molecule has 0 heterocycles. The predicted molar refractivity (Wildman–Crippen MR) is 88.2 cm³/mol. The van der Waals surface area contributed by atoms with Crippen LogP contribution in [-0.2, 0) is 0 Å². The summed E-state index contributed by atoms with van der Waals surface area (Å²) in [6.45, 7) is 2.48. The number of phenolic OH excluding ortho intramolecular Hbond substituents is 1. The molecule has 0 amide bonds. The van der Waals surface area contributed by atoms with Crippen molar-refractivity contribution < 1.29 is 19.4 Å². The first kappa shape index (κ1) is 14.9. The fourth-order valence-electron chi connectivity index (χ4n) is 2.30. The molecule has 0 aromatic heterocycles. The second-order valence-corrected chi connectivity index (χ2v) is 5.04. The van der Waals surface area contributed by atoms with E-state index in [1.165, 1.54) is 0 Å². The van der Waals surface area contributed by atoms with E-state index in [-0.39, 0.29) is 5.75 Å². The first-order valence-corrected chi connectivity index (χ1v) is 7.33. The van der Waals surface area contributed by atoms with E-state index in [4.69, 9.17) is 9.47 Å². The van der Waals surface area contributed by atoms with E-state index in [1.807, 2.05) is 19.1 Å². The Balaban J connectivity index is 1.79. The van der Waals surface area contributed by atoms with Crippen LogP contribution in [0.15, 0.2) is 60.7 Å². The molecule has 0 bridgehead atoms. The van der Waals surface area contributed by atoms with Crippen LogP contribution in [-0.4, -0.2) is 17.7 Å². The number of fused-ring (bicyclic) bond motifs is 1. The van der Waals surface area contributed by atoms with Gasteiger partial charge < -0.3 is 14.6 Å². The Morgan fingerprint density at radius 1 is 0.913 bits per heavy atom.